The van der Waals surface area contributed by atoms with Gasteiger partial charge in [0.2, 0.25) is 0 Å². The third-order valence-electron chi connectivity index (χ3n) is 4.52. The van der Waals surface area contributed by atoms with Crippen molar-refractivity contribution in [2.75, 3.05) is 6.54 Å². The molecule has 2 aromatic heterocycles. The van der Waals surface area contributed by atoms with Gasteiger partial charge in [-0.15, -0.1) is 11.3 Å². The van der Waals surface area contributed by atoms with Gasteiger partial charge in [-0.2, -0.15) is 0 Å². The molecule has 0 bridgehead atoms. The second-order valence-corrected chi connectivity index (χ2v) is 7.91. The van der Waals surface area contributed by atoms with Gasteiger partial charge in [-0.3, -0.25) is 25.2 Å². The van der Waals surface area contributed by atoms with Crippen molar-refractivity contribution in [2.24, 2.45) is 0 Å². The summed E-state index contributed by atoms with van der Waals surface area (Å²) in [5.74, 6) is -1.54. The molecule has 9 heteroatoms. The Balaban J connectivity index is 1.34. The van der Waals surface area contributed by atoms with Crippen LogP contribution in [0.15, 0.2) is 52.9 Å². The number of para-hydroxylation sites is 1. The Kier molecular flexibility index (Phi) is 5.43. The van der Waals surface area contributed by atoms with Crippen LogP contribution in [0.5, 0.6) is 0 Å². The first-order valence-corrected chi connectivity index (χ1v) is 10.2. The van der Waals surface area contributed by atoms with Crippen molar-refractivity contribution < 1.29 is 18.8 Å². The Hall–Kier alpha value is -3.36. The predicted molar refractivity (Wildman–Crippen MR) is 116 cm³/mol. The fraction of sp³-hybridized carbons (Fsp3) is 0.0952. The Bertz CT molecular complexity index is 1200. The fourth-order valence-corrected chi connectivity index (χ4v) is 4.45. The molecule has 0 aliphatic carbocycles. The molecule has 0 radical (unpaired) electrons. The van der Waals surface area contributed by atoms with E-state index in [9.17, 15) is 14.4 Å². The van der Waals surface area contributed by atoms with Crippen molar-refractivity contribution in [3.8, 4) is 0 Å². The van der Waals surface area contributed by atoms with Gasteiger partial charge in [0.1, 0.15) is 10.5 Å². The zero-order valence-electron chi connectivity index (χ0n) is 15.7. The van der Waals surface area contributed by atoms with E-state index in [2.05, 4.69) is 16.2 Å². The van der Waals surface area contributed by atoms with Crippen LogP contribution in [0.3, 0.4) is 0 Å². The van der Waals surface area contributed by atoms with Crippen LogP contribution < -0.4 is 16.2 Å². The molecule has 0 spiro atoms. The molecular weight excluding hydrogens is 426 g/mol. The molecular formula is C21H16ClN3O4S. The summed E-state index contributed by atoms with van der Waals surface area (Å²) < 4.78 is 6.42. The summed E-state index contributed by atoms with van der Waals surface area (Å²) in [6.07, 6.45) is 0. The van der Waals surface area contributed by atoms with Crippen LogP contribution in [0.25, 0.3) is 21.1 Å². The minimum Gasteiger partial charge on any atom is -0.451 e. The molecule has 4 rings (SSSR count). The minimum atomic E-state index is -0.595. The summed E-state index contributed by atoms with van der Waals surface area (Å²) in [6, 6.07) is 14.6. The van der Waals surface area contributed by atoms with Gasteiger partial charge in [0, 0.05) is 21.0 Å². The van der Waals surface area contributed by atoms with Crippen molar-refractivity contribution in [1.29, 1.82) is 0 Å². The summed E-state index contributed by atoms with van der Waals surface area (Å²) >= 11 is 7.51. The smallest absolute Gasteiger partial charge is 0.305 e. The first-order chi connectivity index (χ1) is 14.5. The Morgan fingerprint density at radius 2 is 1.67 bits per heavy atom. The Labute approximate surface area is 180 Å². The highest BCUT2D eigenvalue weighted by Crippen LogP contribution is 2.34. The lowest BCUT2D eigenvalue weighted by Gasteiger charge is -2.07. The van der Waals surface area contributed by atoms with Crippen molar-refractivity contribution >= 4 is 61.7 Å². The van der Waals surface area contributed by atoms with Crippen LogP contribution in [0.1, 0.15) is 25.8 Å². The van der Waals surface area contributed by atoms with Crippen molar-refractivity contribution in [3.05, 3.63) is 69.8 Å². The standard InChI is InChI=1S/C21H16ClN3O4S/c1-11-12-6-2-4-8-14(12)29-18(11)20(27)25-24-16(26)10-23-21(28)19-17(22)13-7-3-5-9-15(13)30-19/h2-9H,10H2,1H3,(H,23,28)(H,24,26)(H,25,27). The number of hydrogen-bond donors (Lipinski definition) is 3. The highest BCUT2D eigenvalue weighted by molar-refractivity contribution is 7.21. The van der Waals surface area contributed by atoms with E-state index in [1.165, 1.54) is 11.3 Å². The summed E-state index contributed by atoms with van der Waals surface area (Å²) in [5.41, 5.74) is 5.80. The Morgan fingerprint density at radius 1 is 0.967 bits per heavy atom. The number of benzene rings is 2. The monoisotopic (exact) mass is 441 g/mol. The molecule has 3 N–H and O–H groups in total. The number of carbonyl (C=O) groups is 3. The van der Waals surface area contributed by atoms with E-state index in [0.717, 1.165) is 15.5 Å². The van der Waals surface area contributed by atoms with Gasteiger partial charge in [-0.05, 0) is 19.1 Å². The molecule has 0 atom stereocenters. The van der Waals surface area contributed by atoms with Gasteiger partial charge in [0.25, 0.3) is 11.8 Å². The highest BCUT2D eigenvalue weighted by atomic mass is 35.5. The summed E-state index contributed by atoms with van der Waals surface area (Å²) in [6.45, 7) is 1.43. The van der Waals surface area contributed by atoms with Gasteiger partial charge in [0.15, 0.2) is 5.76 Å². The largest absolute Gasteiger partial charge is 0.451 e. The third-order valence-corrected chi connectivity index (χ3v) is 6.19. The molecule has 0 fully saturated rings. The zero-order chi connectivity index (χ0) is 21.3. The van der Waals surface area contributed by atoms with Crippen LogP contribution in [-0.4, -0.2) is 24.3 Å². The second-order valence-electron chi connectivity index (χ2n) is 6.48. The number of rotatable bonds is 4. The number of aryl methyl sites for hydroxylation is 1. The van der Waals surface area contributed by atoms with E-state index in [4.69, 9.17) is 16.0 Å². The summed E-state index contributed by atoms with van der Waals surface area (Å²) in [4.78, 5) is 37.1. The molecule has 0 saturated carbocycles. The third kappa shape index (κ3) is 3.74. The van der Waals surface area contributed by atoms with Gasteiger partial charge in [0.05, 0.1) is 11.6 Å². The number of carbonyl (C=O) groups excluding carboxylic acids is 3. The van der Waals surface area contributed by atoms with E-state index in [-0.39, 0.29) is 12.3 Å². The highest BCUT2D eigenvalue weighted by Gasteiger charge is 2.19. The van der Waals surface area contributed by atoms with Crippen molar-refractivity contribution in [1.82, 2.24) is 16.2 Å². The molecule has 2 heterocycles. The summed E-state index contributed by atoms with van der Waals surface area (Å²) in [5, 5.41) is 4.45. The van der Waals surface area contributed by atoms with Crippen LogP contribution >= 0.6 is 22.9 Å². The van der Waals surface area contributed by atoms with Crippen LogP contribution in [0.4, 0.5) is 0 Å². The predicted octanol–water partition coefficient (Wildman–Crippen LogP) is 3.80. The minimum absolute atomic E-state index is 0.109. The number of halogens is 1. The quantitative estimate of drug-likeness (QED) is 0.419. The number of amides is 3. The number of thiophene rings is 1. The lowest BCUT2D eigenvalue weighted by atomic mass is 10.1. The number of furan rings is 1. The van der Waals surface area contributed by atoms with Gasteiger partial charge in [-0.1, -0.05) is 48.0 Å². The van der Waals surface area contributed by atoms with E-state index in [0.29, 0.717) is 21.0 Å². The van der Waals surface area contributed by atoms with Crippen LogP contribution in [-0.2, 0) is 4.79 Å². The molecule has 0 unspecified atom stereocenters. The SMILES string of the molecule is Cc1c(C(=O)NNC(=O)CNC(=O)c2sc3ccccc3c2Cl)oc2ccccc12. The van der Waals surface area contributed by atoms with E-state index in [1.807, 2.05) is 36.4 Å². The topological polar surface area (TPSA) is 100 Å². The summed E-state index contributed by atoms with van der Waals surface area (Å²) in [7, 11) is 0. The lowest BCUT2D eigenvalue weighted by molar-refractivity contribution is -0.120. The first-order valence-electron chi connectivity index (χ1n) is 8.98. The molecule has 0 aliphatic heterocycles. The molecule has 30 heavy (non-hydrogen) atoms. The maximum atomic E-state index is 12.4. The Morgan fingerprint density at radius 3 is 2.40 bits per heavy atom. The number of fused-ring (bicyclic) bond motifs is 2. The number of hydrogen-bond acceptors (Lipinski definition) is 5. The molecule has 0 aliphatic rings. The van der Waals surface area contributed by atoms with Gasteiger partial charge in [-0.25, -0.2) is 0 Å². The zero-order valence-corrected chi connectivity index (χ0v) is 17.3. The lowest BCUT2D eigenvalue weighted by Crippen LogP contribution is -2.46. The van der Waals surface area contributed by atoms with Gasteiger partial charge < -0.3 is 9.73 Å². The van der Waals surface area contributed by atoms with E-state index >= 15 is 0 Å². The molecule has 152 valence electrons. The number of hydrazine groups is 1. The van der Waals surface area contributed by atoms with E-state index in [1.54, 1.807) is 19.1 Å². The van der Waals surface area contributed by atoms with Crippen molar-refractivity contribution in [2.45, 2.75) is 6.92 Å². The molecule has 4 aromatic rings. The first kappa shape index (κ1) is 19.9. The fourth-order valence-electron chi connectivity index (χ4n) is 3.02. The van der Waals surface area contributed by atoms with E-state index < -0.39 is 17.7 Å². The second kappa shape index (κ2) is 8.17. The maximum Gasteiger partial charge on any atom is 0.305 e. The van der Waals surface area contributed by atoms with Crippen molar-refractivity contribution in [3.63, 3.8) is 0 Å². The molecule has 0 saturated heterocycles. The molecule has 3 amide bonds. The normalized spacial score (nSPS) is 10.9. The average molecular weight is 442 g/mol. The number of nitrogens with one attached hydrogen (secondary N) is 3. The van der Waals surface area contributed by atoms with Gasteiger partial charge >= 0.3 is 5.91 Å². The molecule has 7 nitrogen and oxygen atoms in total. The van der Waals surface area contributed by atoms with Crippen LogP contribution in [0, 0.1) is 6.92 Å². The average Bonchev–Trinajstić information content (AvgIpc) is 3.28. The molecule has 2 aromatic carbocycles. The van der Waals surface area contributed by atoms with Crippen LogP contribution in [0.2, 0.25) is 5.02 Å². The maximum absolute atomic E-state index is 12.4.